The lowest BCUT2D eigenvalue weighted by Gasteiger charge is -2.39. The van der Waals surface area contributed by atoms with E-state index in [1.54, 1.807) is 0 Å². The highest BCUT2D eigenvalue weighted by Crippen LogP contribution is 2.45. The van der Waals surface area contributed by atoms with Gasteiger partial charge in [0.25, 0.3) is 0 Å². The largest absolute Gasteiger partial charge is 0.391 e. The smallest absolute Gasteiger partial charge is 0.0712 e. The third-order valence-electron chi connectivity index (χ3n) is 7.11. The third-order valence-corrected chi connectivity index (χ3v) is 7.11. The summed E-state index contributed by atoms with van der Waals surface area (Å²) in [5, 5.41) is 9.90. The summed E-state index contributed by atoms with van der Waals surface area (Å²) in [4.78, 5) is 2.62. The molecule has 2 rings (SSSR count). The summed E-state index contributed by atoms with van der Waals surface area (Å²) < 4.78 is 0. The zero-order chi connectivity index (χ0) is 18.3. The first-order valence-electron chi connectivity index (χ1n) is 11.4. The number of aliphatic hydroxyl groups excluding tert-OH is 1. The van der Waals surface area contributed by atoms with Gasteiger partial charge in [0.2, 0.25) is 0 Å². The minimum atomic E-state index is -0.0377. The van der Waals surface area contributed by atoms with E-state index in [9.17, 15) is 5.11 Å². The Labute approximate surface area is 157 Å². The monoisotopic (exact) mass is 351 g/mol. The maximum atomic E-state index is 9.90. The van der Waals surface area contributed by atoms with E-state index in [0.29, 0.717) is 11.5 Å². The van der Waals surface area contributed by atoms with Crippen LogP contribution in [0.1, 0.15) is 105 Å². The summed E-state index contributed by atoms with van der Waals surface area (Å²) in [6.07, 6.45) is 16.2. The van der Waals surface area contributed by atoms with Crippen molar-refractivity contribution < 1.29 is 5.11 Å². The van der Waals surface area contributed by atoms with E-state index in [1.165, 1.54) is 83.7 Å². The average Bonchev–Trinajstić information content (AvgIpc) is 3.28. The van der Waals surface area contributed by atoms with Gasteiger partial charge in [-0.25, -0.2) is 0 Å². The minimum absolute atomic E-state index is 0.0377. The van der Waals surface area contributed by atoms with Crippen LogP contribution >= 0.6 is 0 Å². The number of hydrogen-bond donors (Lipinski definition) is 1. The van der Waals surface area contributed by atoms with Crippen LogP contribution in [0.4, 0.5) is 0 Å². The number of aliphatic hydroxyl groups is 1. The second-order valence-corrected chi connectivity index (χ2v) is 9.61. The number of rotatable bonds is 9. The van der Waals surface area contributed by atoms with E-state index in [-0.39, 0.29) is 6.10 Å². The topological polar surface area (TPSA) is 23.5 Å². The molecule has 1 saturated heterocycles. The van der Waals surface area contributed by atoms with Crippen LogP contribution in [-0.2, 0) is 0 Å². The van der Waals surface area contributed by atoms with Gasteiger partial charge in [0.1, 0.15) is 0 Å². The van der Waals surface area contributed by atoms with Crippen LogP contribution in [0, 0.1) is 17.3 Å². The van der Waals surface area contributed by atoms with Gasteiger partial charge >= 0.3 is 0 Å². The molecule has 0 bridgehead atoms. The molecule has 0 aromatic heterocycles. The summed E-state index contributed by atoms with van der Waals surface area (Å²) in [5.74, 6) is 1.66. The average molecular weight is 352 g/mol. The lowest BCUT2D eigenvalue weighted by Crippen LogP contribution is -2.33. The summed E-state index contributed by atoms with van der Waals surface area (Å²) >= 11 is 0. The van der Waals surface area contributed by atoms with E-state index in [1.807, 2.05) is 0 Å². The predicted molar refractivity (Wildman–Crippen MR) is 109 cm³/mol. The molecule has 1 aliphatic heterocycles. The molecule has 0 aromatic rings. The standard InChI is InChI=1S/C23H45NO/c1-5-7-9-12-20-16-19(3)18-24(21-17-22(21)25)15-11-14-23(20,4)13-10-8-6-2/h19-22,25H,5-18H2,1-4H3/t19?,20-,21?,22?,23?/m1/s1. The minimum Gasteiger partial charge on any atom is -0.391 e. The molecule has 1 aliphatic carbocycles. The molecule has 0 spiro atoms. The molecule has 2 heteroatoms. The van der Waals surface area contributed by atoms with Crippen LogP contribution in [0.15, 0.2) is 0 Å². The SMILES string of the molecule is CCCCC[C@@H]1CC(C)CN(C2CC2O)CCCC1(C)CCCCC. The molecule has 0 radical (unpaired) electrons. The first-order chi connectivity index (χ1) is 12.0. The number of nitrogens with zero attached hydrogens (tertiary/aromatic N) is 1. The van der Waals surface area contributed by atoms with Crippen LogP contribution in [0.25, 0.3) is 0 Å². The molecule has 1 saturated carbocycles. The highest BCUT2D eigenvalue weighted by Gasteiger charge is 2.42. The molecule has 1 heterocycles. The van der Waals surface area contributed by atoms with Crippen molar-refractivity contribution in [3.8, 4) is 0 Å². The Morgan fingerprint density at radius 2 is 1.72 bits per heavy atom. The molecule has 25 heavy (non-hydrogen) atoms. The molecule has 0 aromatic carbocycles. The summed E-state index contributed by atoms with van der Waals surface area (Å²) in [5.41, 5.74) is 0.537. The Balaban J connectivity index is 2.03. The van der Waals surface area contributed by atoms with Crippen LogP contribution in [-0.4, -0.2) is 35.2 Å². The van der Waals surface area contributed by atoms with Crippen molar-refractivity contribution in [2.75, 3.05) is 13.1 Å². The van der Waals surface area contributed by atoms with Crippen molar-refractivity contribution in [2.24, 2.45) is 17.3 Å². The summed E-state index contributed by atoms with van der Waals surface area (Å²) in [7, 11) is 0. The second-order valence-electron chi connectivity index (χ2n) is 9.61. The predicted octanol–water partition coefficient (Wildman–Crippen LogP) is 6.02. The fraction of sp³-hybridized carbons (Fsp3) is 1.00. The van der Waals surface area contributed by atoms with E-state index in [0.717, 1.165) is 18.3 Å². The van der Waals surface area contributed by atoms with Gasteiger partial charge in [0, 0.05) is 12.6 Å². The van der Waals surface area contributed by atoms with Gasteiger partial charge in [-0.05, 0) is 62.3 Å². The van der Waals surface area contributed by atoms with Crippen LogP contribution < -0.4 is 0 Å². The van der Waals surface area contributed by atoms with Gasteiger partial charge in [-0.1, -0.05) is 66.2 Å². The Morgan fingerprint density at radius 3 is 2.36 bits per heavy atom. The molecule has 2 aliphatic rings. The van der Waals surface area contributed by atoms with Gasteiger partial charge in [0.15, 0.2) is 0 Å². The number of hydrogen-bond acceptors (Lipinski definition) is 2. The van der Waals surface area contributed by atoms with E-state index < -0.39 is 0 Å². The Kier molecular flexibility index (Phi) is 8.75. The highest BCUT2D eigenvalue weighted by atomic mass is 16.3. The highest BCUT2D eigenvalue weighted by molar-refractivity contribution is 4.97. The zero-order valence-electron chi connectivity index (χ0n) is 17.6. The molecular formula is C23H45NO. The zero-order valence-corrected chi connectivity index (χ0v) is 17.6. The molecule has 4 unspecified atom stereocenters. The van der Waals surface area contributed by atoms with Crippen LogP contribution in [0.2, 0.25) is 0 Å². The van der Waals surface area contributed by atoms with Crippen molar-refractivity contribution >= 4 is 0 Å². The molecule has 2 nitrogen and oxygen atoms in total. The Bertz CT molecular complexity index is 371. The quantitative estimate of drug-likeness (QED) is 0.513. The first-order valence-corrected chi connectivity index (χ1v) is 11.4. The maximum Gasteiger partial charge on any atom is 0.0712 e. The van der Waals surface area contributed by atoms with Crippen molar-refractivity contribution in [1.82, 2.24) is 4.90 Å². The molecule has 148 valence electrons. The van der Waals surface area contributed by atoms with Crippen LogP contribution in [0.5, 0.6) is 0 Å². The third kappa shape index (κ3) is 6.54. The van der Waals surface area contributed by atoms with Gasteiger partial charge in [-0.2, -0.15) is 0 Å². The van der Waals surface area contributed by atoms with E-state index in [2.05, 4.69) is 32.6 Å². The molecule has 0 amide bonds. The van der Waals surface area contributed by atoms with Gasteiger partial charge in [0.05, 0.1) is 6.10 Å². The van der Waals surface area contributed by atoms with Crippen molar-refractivity contribution in [3.63, 3.8) is 0 Å². The normalized spacial score (nSPS) is 37.3. The van der Waals surface area contributed by atoms with Gasteiger partial charge < -0.3 is 5.11 Å². The lowest BCUT2D eigenvalue weighted by atomic mass is 9.66. The maximum absolute atomic E-state index is 9.90. The molecule has 5 atom stereocenters. The van der Waals surface area contributed by atoms with Crippen molar-refractivity contribution in [2.45, 2.75) is 117 Å². The first kappa shape index (κ1) is 21.2. The van der Waals surface area contributed by atoms with Crippen molar-refractivity contribution in [1.29, 1.82) is 0 Å². The van der Waals surface area contributed by atoms with Gasteiger partial charge in [-0.3, -0.25) is 4.90 Å². The Morgan fingerprint density at radius 1 is 1.04 bits per heavy atom. The Hall–Kier alpha value is -0.0800. The summed E-state index contributed by atoms with van der Waals surface area (Å²) in [6.45, 7) is 12.1. The fourth-order valence-electron chi connectivity index (χ4n) is 5.30. The van der Waals surface area contributed by atoms with E-state index >= 15 is 0 Å². The summed E-state index contributed by atoms with van der Waals surface area (Å²) in [6, 6.07) is 0.477. The van der Waals surface area contributed by atoms with E-state index in [4.69, 9.17) is 0 Å². The fourth-order valence-corrected chi connectivity index (χ4v) is 5.30. The lowest BCUT2D eigenvalue weighted by molar-refractivity contribution is 0.114. The van der Waals surface area contributed by atoms with Crippen LogP contribution in [0.3, 0.4) is 0 Å². The van der Waals surface area contributed by atoms with Crippen molar-refractivity contribution in [3.05, 3.63) is 0 Å². The second kappa shape index (κ2) is 10.3. The molecule has 1 N–H and O–H groups in total. The van der Waals surface area contributed by atoms with Gasteiger partial charge in [-0.15, -0.1) is 0 Å². The molecular weight excluding hydrogens is 306 g/mol. The number of unbranched alkanes of at least 4 members (excludes halogenated alkanes) is 4. The molecule has 2 fully saturated rings.